The number of hydrogen-bond acceptors (Lipinski definition) is 2. The molecule has 2 nitrogen and oxygen atoms in total. The zero-order valence-electron chi connectivity index (χ0n) is 10.1. The van der Waals surface area contributed by atoms with E-state index in [4.69, 9.17) is 4.74 Å². The van der Waals surface area contributed by atoms with Gasteiger partial charge in [0.2, 0.25) is 0 Å². The Bertz CT molecular complexity index is 340. The summed E-state index contributed by atoms with van der Waals surface area (Å²) < 4.78 is 5.88. The predicted molar refractivity (Wildman–Crippen MR) is 64.8 cm³/mol. The van der Waals surface area contributed by atoms with Crippen molar-refractivity contribution in [3.05, 3.63) is 29.3 Å². The molecule has 1 aliphatic carbocycles. The average molecular weight is 220 g/mol. The van der Waals surface area contributed by atoms with Gasteiger partial charge in [0, 0.05) is 0 Å². The molecule has 88 valence electrons. The lowest BCUT2D eigenvalue weighted by Gasteiger charge is -2.28. The fourth-order valence-corrected chi connectivity index (χ4v) is 2.39. The lowest BCUT2D eigenvalue weighted by Crippen LogP contribution is -2.34. The SMILES string of the molecule is Cc1cc(C)cc(O[C@H]2CCCC[C@@H]2O)c1. The van der Waals surface area contributed by atoms with Gasteiger partial charge in [0.1, 0.15) is 11.9 Å². The highest BCUT2D eigenvalue weighted by Gasteiger charge is 2.24. The fourth-order valence-electron chi connectivity index (χ4n) is 2.39. The van der Waals surface area contributed by atoms with Crippen molar-refractivity contribution in [2.75, 3.05) is 0 Å². The molecule has 0 saturated heterocycles. The maximum absolute atomic E-state index is 9.84. The van der Waals surface area contributed by atoms with E-state index in [1.165, 1.54) is 11.1 Å². The van der Waals surface area contributed by atoms with E-state index in [1.807, 2.05) is 12.1 Å². The van der Waals surface area contributed by atoms with Gasteiger partial charge in [-0.25, -0.2) is 0 Å². The average Bonchev–Trinajstić information content (AvgIpc) is 2.20. The minimum Gasteiger partial charge on any atom is -0.488 e. The van der Waals surface area contributed by atoms with E-state index in [1.54, 1.807) is 0 Å². The second-order valence-corrected chi connectivity index (χ2v) is 4.83. The van der Waals surface area contributed by atoms with Gasteiger partial charge in [-0.2, -0.15) is 0 Å². The molecule has 1 aromatic rings. The molecule has 1 aromatic carbocycles. The maximum atomic E-state index is 9.84. The van der Waals surface area contributed by atoms with Gasteiger partial charge in [-0.15, -0.1) is 0 Å². The molecule has 0 amide bonds. The van der Waals surface area contributed by atoms with Gasteiger partial charge in [0.15, 0.2) is 0 Å². The molecule has 1 aliphatic rings. The molecule has 0 unspecified atom stereocenters. The van der Waals surface area contributed by atoms with E-state index in [-0.39, 0.29) is 12.2 Å². The highest BCUT2D eigenvalue weighted by atomic mass is 16.5. The largest absolute Gasteiger partial charge is 0.488 e. The Morgan fingerprint density at radius 2 is 1.69 bits per heavy atom. The zero-order chi connectivity index (χ0) is 11.5. The van der Waals surface area contributed by atoms with Gasteiger partial charge in [-0.1, -0.05) is 12.5 Å². The Morgan fingerprint density at radius 1 is 1.06 bits per heavy atom. The molecule has 2 rings (SSSR count). The summed E-state index contributed by atoms with van der Waals surface area (Å²) in [5.41, 5.74) is 2.42. The van der Waals surface area contributed by atoms with Crippen LogP contribution in [0.15, 0.2) is 18.2 Å². The Balaban J connectivity index is 2.07. The molecule has 0 radical (unpaired) electrons. The molecular weight excluding hydrogens is 200 g/mol. The standard InChI is InChI=1S/C14H20O2/c1-10-7-11(2)9-12(8-10)16-14-6-4-3-5-13(14)15/h7-9,13-15H,3-6H2,1-2H3/t13-,14-/m0/s1. The summed E-state index contributed by atoms with van der Waals surface area (Å²) in [6.07, 6.45) is 3.80. The third-order valence-electron chi connectivity index (χ3n) is 3.15. The van der Waals surface area contributed by atoms with Crippen LogP contribution in [0.1, 0.15) is 36.8 Å². The van der Waals surface area contributed by atoms with Crippen LogP contribution in [0, 0.1) is 13.8 Å². The predicted octanol–water partition coefficient (Wildman–Crippen LogP) is 2.99. The van der Waals surface area contributed by atoms with Gasteiger partial charge in [-0.05, 0) is 56.4 Å². The van der Waals surface area contributed by atoms with Crippen LogP contribution in [-0.2, 0) is 0 Å². The van der Waals surface area contributed by atoms with Crippen LogP contribution < -0.4 is 4.74 Å². The highest BCUT2D eigenvalue weighted by molar-refractivity contribution is 5.33. The number of benzene rings is 1. The zero-order valence-corrected chi connectivity index (χ0v) is 10.1. The Labute approximate surface area is 97.3 Å². The molecule has 16 heavy (non-hydrogen) atoms. The molecular formula is C14H20O2. The first-order valence-corrected chi connectivity index (χ1v) is 6.08. The topological polar surface area (TPSA) is 29.5 Å². The third kappa shape index (κ3) is 2.76. The van der Waals surface area contributed by atoms with Crippen molar-refractivity contribution in [1.29, 1.82) is 0 Å². The smallest absolute Gasteiger partial charge is 0.124 e. The molecule has 2 heteroatoms. The van der Waals surface area contributed by atoms with Crippen molar-refractivity contribution in [3.8, 4) is 5.75 Å². The quantitative estimate of drug-likeness (QED) is 0.830. The second-order valence-electron chi connectivity index (χ2n) is 4.83. The summed E-state index contributed by atoms with van der Waals surface area (Å²) in [6, 6.07) is 6.20. The minimum atomic E-state index is -0.297. The molecule has 0 heterocycles. The van der Waals surface area contributed by atoms with Crippen molar-refractivity contribution < 1.29 is 9.84 Å². The highest BCUT2D eigenvalue weighted by Crippen LogP contribution is 2.25. The number of hydrogen-bond donors (Lipinski definition) is 1. The fraction of sp³-hybridized carbons (Fsp3) is 0.571. The Morgan fingerprint density at radius 3 is 2.31 bits per heavy atom. The Hall–Kier alpha value is -1.02. The number of ether oxygens (including phenoxy) is 1. The normalized spacial score (nSPS) is 25.4. The van der Waals surface area contributed by atoms with Crippen LogP contribution in [-0.4, -0.2) is 17.3 Å². The Kier molecular flexibility index (Phi) is 3.49. The van der Waals surface area contributed by atoms with Gasteiger partial charge in [-0.3, -0.25) is 0 Å². The van der Waals surface area contributed by atoms with E-state index in [0.29, 0.717) is 0 Å². The van der Waals surface area contributed by atoms with Crippen LogP contribution in [0.25, 0.3) is 0 Å². The molecule has 0 bridgehead atoms. The summed E-state index contributed by atoms with van der Waals surface area (Å²) in [4.78, 5) is 0. The molecule has 0 aromatic heterocycles. The van der Waals surface area contributed by atoms with Crippen LogP contribution in [0.2, 0.25) is 0 Å². The summed E-state index contributed by atoms with van der Waals surface area (Å²) in [7, 11) is 0. The summed E-state index contributed by atoms with van der Waals surface area (Å²) in [5.74, 6) is 0.892. The first-order valence-electron chi connectivity index (χ1n) is 6.08. The van der Waals surface area contributed by atoms with E-state index in [2.05, 4.69) is 19.9 Å². The molecule has 1 fully saturated rings. The van der Waals surface area contributed by atoms with Crippen LogP contribution >= 0.6 is 0 Å². The molecule has 0 aliphatic heterocycles. The summed E-state index contributed by atoms with van der Waals surface area (Å²) >= 11 is 0. The lowest BCUT2D eigenvalue weighted by atomic mass is 9.95. The molecule has 0 spiro atoms. The number of aliphatic hydroxyl groups is 1. The van der Waals surface area contributed by atoms with Crippen molar-refractivity contribution in [2.45, 2.75) is 51.7 Å². The summed E-state index contributed by atoms with van der Waals surface area (Å²) in [6.45, 7) is 4.13. The van der Waals surface area contributed by atoms with E-state index in [9.17, 15) is 5.11 Å². The third-order valence-corrected chi connectivity index (χ3v) is 3.15. The van der Waals surface area contributed by atoms with Crippen molar-refractivity contribution >= 4 is 0 Å². The van der Waals surface area contributed by atoms with Crippen LogP contribution in [0.5, 0.6) is 5.75 Å². The lowest BCUT2D eigenvalue weighted by molar-refractivity contribution is 0.00682. The van der Waals surface area contributed by atoms with Gasteiger partial charge in [0.25, 0.3) is 0 Å². The van der Waals surface area contributed by atoms with E-state index in [0.717, 1.165) is 31.4 Å². The number of rotatable bonds is 2. The van der Waals surface area contributed by atoms with Gasteiger partial charge >= 0.3 is 0 Å². The van der Waals surface area contributed by atoms with E-state index >= 15 is 0 Å². The minimum absolute atomic E-state index is 0.0186. The second kappa shape index (κ2) is 4.88. The van der Waals surface area contributed by atoms with Gasteiger partial charge in [0.05, 0.1) is 6.10 Å². The molecule has 1 saturated carbocycles. The van der Waals surface area contributed by atoms with Gasteiger partial charge < -0.3 is 9.84 Å². The number of aryl methyl sites for hydroxylation is 2. The van der Waals surface area contributed by atoms with E-state index < -0.39 is 0 Å². The van der Waals surface area contributed by atoms with Crippen molar-refractivity contribution in [3.63, 3.8) is 0 Å². The van der Waals surface area contributed by atoms with Crippen molar-refractivity contribution in [1.82, 2.24) is 0 Å². The monoisotopic (exact) mass is 220 g/mol. The first kappa shape index (κ1) is 11.5. The van der Waals surface area contributed by atoms with Crippen LogP contribution in [0.3, 0.4) is 0 Å². The molecule has 2 atom stereocenters. The van der Waals surface area contributed by atoms with Crippen LogP contribution in [0.4, 0.5) is 0 Å². The maximum Gasteiger partial charge on any atom is 0.124 e. The van der Waals surface area contributed by atoms with Crippen molar-refractivity contribution in [2.24, 2.45) is 0 Å². The summed E-state index contributed by atoms with van der Waals surface area (Å²) in [5, 5.41) is 9.84. The first-order chi connectivity index (χ1) is 7.65. The molecule has 1 N–H and O–H groups in total. The number of aliphatic hydroxyl groups excluding tert-OH is 1.